The Morgan fingerprint density at radius 2 is 1.96 bits per heavy atom. The number of benzene rings is 1. The molecule has 0 saturated carbocycles. The van der Waals surface area contributed by atoms with Gasteiger partial charge in [-0.1, -0.05) is 12.1 Å². The molecule has 1 aliphatic heterocycles. The van der Waals surface area contributed by atoms with Gasteiger partial charge in [0.05, 0.1) is 25.8 Å². The molecule has 1 atom stereocenters. The van der Waals surface area contributed by atoms with Crippen LogP contribution in [0.1, 0.15) is 23.5 Å². The number of para-hydroxylation sites is 2. The van der Waals surface area contributed by atoms with Crippen LogP contribution in [0.15, 0.2) is 45.2 Å². The van der Waals surface area contributed by atoms with Crippen LogP contribution in [-0.4, -0.2) is 42.7 Å². The zero-order valence-electron chi connectivity index (χ0n) is 14.4. The molecular formula is C19H23N3O3. The van der Waals surface area contributed by atoms with Gasteiger partial charge in [-0.25, -0.2) is 4.98 Å². The number of hydrogen-bond donors (Lipinski definition) is 1. The van der Waals surface area contributed by atoms with Gasteiger partial charge in [0.25, 0.3) is 0 Å². The number of hydrogen-bond acceptors (Lipinski definition) is 6. The Balaban J connectivity index is 1.43. The van der Waals surface area contributed by atoms with Crippen molar-refractivity contribution in [1.29, 1.82) is 0 Å². The van der Waals surface area contributed by atoms with Gasteiger partial charge in [-0.15, -0.1) is 0 Å². The first-order valence-electron chi connectivity index (χ1n) is 8.73. The highest BCUT2D eigenvalue weighted by Gasteiger charge is 2.25. The number of fused-ring (bicyclic) bond motifs is 1. The number of morpholine rings is 1. The molecule has 3 aromatic rings. The second-order valence-corrected chi connectivity index (χ2v) is 6.32. The Morgan fingerprint density at radius 3 is 2.72 bits per heavy atom. The van der Waals surface area contributed by atoms with Crippen molar-refractivity contribution < 1.29 is 13.6 Å². The first kappa shape index (κ1) is 16.3. The maximum Gasteiger partial charge on any atom is 0.209 e. The minimum Gasteiger partial charge on any atom is -0.465 e. The molecule has 6 nitrogen and oxygen atoms in total. The lowest BCUT2D eigenvalue weighted by Gasteiger charge is -2.33. The lowest BCUT2D eigenvalue weighted by Crippen LogP contribution is -2.42. The Kier molecular flexibility index (Phi) is 4.83. The average Bonchev–Trinajstić information content (AvgIpc) is 3.25. The number of oxazole rings is 1. The van der Waals surface area contributed by atoms with E-state index < -0.39 is 0 Å². The number of furan rings is 1. The van der Waals surface area contributed by atoms with Crippen molar-refractivity contribution in [3.63, 3.8) is 0 Å². The standard InChI is InChI=1S/C19H23N3O3/c1-14-6-7-18(24-14)16(22-8-10-23-11-9-22)12-20-13-19-21-15-4-2-3-5-17(15)25-19/h2-7,16,20H,8-13H2,1H3. The fourth-order valence-corrected chi connectivity index (χ4v) is 3.24. The number of aryl methyl sites for hydroxylation is 1. The van der Waals surface area contributed by atoms with Crippen molar-refractivity contribution in [3.05, 3.63) is 53.8 Å². The summed E-state index contributed by atoms with van der Waals surface area (Å²) in [5.74, 6) is 2.63. The normalized spacial score (nSPS) is 17.2. The maximum absolute atomic E-state index is 5.89. The van der Waals surface area contributed by atoms with Gasteiger partial charge >= 0.3 is 0 Å². The maximum atomic E-state index is 5.89. The van der Waals surface area contributed by atoms with Gasteiger partial charge in [-0.3, -0.25) is 4.90 Å². The van der Waals surface area contributed by atoms with Crippen molar-refractivity contribution in [2.45, 2.75) is 19.5 Å². The predicted molar refractivity (Wildman–Crippen MR) is 94.3 cm³/mol. The van der Waals surface area contributed by atoms with E-state index in [-0.39, 0.29) is 6.04 Å². The summed E-state index contributed by atoms with van der Waals surface area (Å²) in [6.45, 7) is 6.69. The average molecular weight is 341 g/mol. The highest BCUT2D eigenvalue weighted by molar-refractivity contribution is 5.72. The SMILES string of the molecule is Cc1ccc(C(CNCc2nc3ccccc3o2)N2CCOCC2)o1. The minimum absolute atomic E-state index is 0.182. The first-order valence-corrected chi connectivity index (χ1v) is 8.73. The lowest BCUT2D eigenvalue weighted by molar-refractivity contribution is 0.0114. The van der Waals surface area contributed by atoms with E-state index in [1.54, 1.807) is 0 Å². The molecule has 0 radical (unpaired) electrons. The topological polar surface area (TPSA) is 63.7 Å². The molecule has 1 aliphatic rings. The van der Waals surface area contributed by atoms with Crippen molar-refractivity contribution in [2.75, 3.05) is 32.8 Å². The third-order valence-electron chi connectivity index (χ3n) is 4.53. The van der Waals surface area contributed by atoms with Crippen LogP contribution in [0.5, 0.6) is 0 Å². The minimum atomic E-state index is 0.182. The van der Waals surface area contributed by atoms with Crippen LogP contribution >= 0.6 is 0 Å². The van der Waals surface area contributed by atoms with Gasteiger partial charge in [0.15, 0.2) is 5.58 Å². The van der Waals surface area contributed by atoms with Gasteiger partial charge < -0.3 is 18.9 Å². The van der Waals surface area contributed by atoms with E-state index in [1.165, 1.54) is 0 Å². The first-order chi connectivity index (χ1) is 12.3. The van der Waals surface area contributed by atoms with E-state index in [0.717, 1.165) is 55.5 Å². The third-order valence-corrected chi connectivity index (χ3v) is 4.53. The van der Waals surface area contributed by atoms with Crippen LogP contribution in [0.4, 0.5) is 0 Å². The second-order valence-electron chi connectivity index (χ2n) is 6.32. The molecule has 25 heavy (non-hydrogen) atoms. The van der Waals surface area contributed by atoms with E-state index in [9.17, 15) is 0 Å². The van der Waals surface area contributed by atoms with Crippen LogP contribution in [-0.2, 0) is 11.3 Å². The molecule has 0 amide bonds. The van der Waals surface area contributed by atoms with E-state index in [1.807, 2.05) is 37.3 Å². The zero-order chi connectivity index (χ0) is 17.1. The van der Waals surface area contributed by atoms with Gasteiger partial charge in [-0.05, 0) is 31.2 Å². The number of nitrogens with one attached hydrogen (secondary N) is 1. The molecule has 0 bridgehead atoms. The van der Waals surface area contributed by atoms with E-state index in [4.69, 9.17) is 13.6 Å². The molecule has 1 N–H and O–H groups in total. The summed E-state index contributed by atoms with van der Waals surface area (Å²) < 4.78 is 17.1. The highest BCUT2D eigenvalue weighted by Crippen LogP contribution is 2.23. The van der Waals surface area contributed by atoms with Crippen LogP contribution in [0.3, 0.4) is 0 Å². The predicted octanol–water partition coefficient (Wildman–Crippen LogP) is 2.89. The summed E-state index contributed by atoms with van der Waals surface area (Å²) in [5.41, 5.74) is 1.72. The largest absolute Gasteiger partial charge is 0.465 e. The Morgan fingerprint density at radius 1 is 1.12 bits per heavy atom. The fraction of sp³-hybridized carbons (Fsp3) is 0.421. The van der Waals surface area contributed by atoms with Crippen LogP contribution in [0.2, 0.25) is 0 Å². The summed E-state index contributed by atoms with van der Waals surface area (Å²) in [6.07, 6.45) is 0. The van der Waals surface area contributed by atoms with Crippen LogP contribution in [0.25, 0.3) is 11.1 Å². The summed E-state index contributed by atoms with van der Waals surface area (Å²) >= 11 is 0. The molecule has 132 valence electrons. The quantitative estimate of drug-likeness (QED) is 0.744. The molecule has 1 unspecified atom stereocenters. The van der Waals surface area contributed by atoms with Crippen molar-refractivity contribution in [1.82, 2.24) is 15.2 Å². The molecular weight excluding hydrogens is 318 g/mol. The molecule has 1 fully saturated rings. The van der Waals surface area contributed by atoms with Crippen LogP contribution < -0.4 is 5.32 Å². The second kappa shape index (κ2) is 7.39. The Labute approximate surface area is 146 Å². The van der Waals surface area contributed by atoms with E-state index >= 15 is 0 Å². The van der Waals surface area contributed by atoms with Crippen molar-refractivity contribution in [3.8, 4) is 0 Å². The summed E-state index contributed by atoms with van der Waals surface area (Å²) in [5, 5.41) is 3.47. The smallest absolute Gasteiger partial charge is 0.209 e. The summed E-state index contributed by atoms with van der Waals surface area (Å²) in [6, 6.07) is 12.1. The molecule has 6 heteroatoms. The third kappa shape index (κ3) is 3.76. The molecule has 2 aromatic heterocycles. The summed E-state index contributed by atoms with van der Waals surface area (Å²) in [4.78, 5) is 6.92. The molecule has 4 rings (SSSR count). The van der Waals surface area contributed by atoms with Gasteiger partial charge in [-0.2, -0.15) is 0 Å². The lowest BCUT2D eigenvalue weighted by atomic mass is 10.1. The number of ether oxygens (including phenoxy) is 1. The molecule has 0 spiro atoms. The Hall–Kier alpha value is -2.15. The molecule has 1 saturated heterocycles. The van der Waals surface area contributed by atoms with E-state index in [0.29, 0.717) is 12.4 Å². The number of rotatable bonds is 6. The fourth-order valence-electron chi connectivity index (χ4n) is 3.24. The van der Waals surface area contributed by atoms with Crippen molar-refractivity contribution in [2.24, 2.45) is 0 Å². The van der Waals surface area contributed by atoms with Gasteiger partial charge in [0.1, 0.15) is 17.0 Å². The van der Waals surface area contributed by atoms with Crippen LogP contribution in [0, 0.1) is 6.92 Å². The van der Waals surface area contributed by atoms with Crippen molar-refractivity contribution >= 4 is 11.1 Å². The number of nitrogens with zero attached hydrogens (tertiary/aromatic N) is 2. The molecule has 0 aliphatic carbocycles. The molecule has 3 heterocycles. The monoisotopic (exact) mass is 341 g/mol. The van der Waals surface area contributed by atoms with E-state index in [2.05, 4.69) is 21.3 Å². The Bertz CT molecular complexity index is 787. The number of aromatic nitrogens is 1. The van der Waals surface area contributed by atoms with Gasteiger partial charge in [0, 0.05) is 19.6 Å². The molecule has 1 aromatic carbocycles. The van der Waals surface area contributed by atoms with Gasteiger partial charge in [0.2, 0.25) is 5.89 Å². The summed E-state index contributed by atoms with van der Waals surface area (Å²) in [7, 11) is 0. The highest BCUT2D eigenvalue weighted by atomic mass is 16.5. The zero-order valence-corrected chi connectivity index (χ0v) is 14.4.